The second-order valence-corrected chi connectivity index (χ2v) is 7.85. The number of carboxylic acid groups (broad SMARTS) is 1. The largest absolute Gasteiger partial charge is 0.480 e. The molecule has 3 aliphatic carbocycles. The molecule has 1 heterocycles. The van der Waals surface area contributed by atoms with Crippen molar-refractivity contribution in [2.45, 2.75) is 50.6 Å². The van der Waals surface area contributed by atoms with Crippen molar-refractivity contribution in [3.05, 3.63) is 12.4 Å². The van der Waals surface area contributed by atoms with Gasteiger partial charge in [0.25, 0.3) is 0 Å². The molecule has 0 unspecified atom stereocenters. The lowest BCUT2D eigenvalue weighted by atomic mass is 9.85. The number of hydrogen-bond donors (Lipinski definition) is 3. The van der Waals surface area contributed by atoms with Crippen LogP contribution in [0.5, 0.6) is 0 Å². The lowest BCUT2D eigenvalue weighted by Crippen LogP contribution is -2.52. The van der Waals surface area contributed by atoms with Crippen molar-refractivity contribution in [3.8, 4) is 0 Å². The molecule has 3 aliphatic rings. The van der Waals surface area contributed by atoms with Gasteiger partial charge in [-0.25, -0.2) is 9.97 Å². The zero-order chi connectivity index (χ0) is 17.2. The summed E-state index contributed by atoms with van der Waals surface area (Å²) in [5.74, 6) is 2.53. The molecule has 0 atom stereocenters. The first-order valence-electron chi connectivity index (χ1n) is 9.44. The maximum atomic E-state index is 11.1. The highest BCUT2D eigenvalue weighted by atomic mass is 16.4. The Morgan fingerprint density at radius 1 is 1.16 bits per heavy atom. The molecule has 25 heavy (non-hydrogen) atoms. The highest BCUT2D eigenvalue weighted by molar-refractivity contribution is 5.69. The summed E-state index contributed by atoms with van der Waals surface area (Å²) >= 11 is 0. The third-order valence-corrected chi connectivity index (χ3v) is 5.45. The lowest BCUT2D eigenvalue weighted by Gasteiger charge is -2.43. The van der Waals surface area contributed by atoms with Gasteiger partial charge in [-0.3, -0.25) is 9.69 Å². The van der Waals surface area contributed by atoms with Crippen LogP contribution < -0.4 is 10.6 Å². The van der Waals surface area contributed by atoms with Crippen molar-refractivity contribution < 1.29 is 9.90 Å². The lowest BCUT2D eigenvalue weighted by molar-refractivity contribution is -0.139. The van der Waals surface area contributed by atoms with Gasteiger partial charge in [0, 0.05) is 31.2 Å². The molecule has 3 fully saturated rings. The molecule has 0 aromatic carbocycles. The molecule has 0 bridgehead atoms. The van der Waals surface area contributed by atoms with Crippen molar-refractivity contribution in [3.63, 3.8) is 0 Å². The molecule has 0 amide bonds. The summed E-state index contributed by atoms with van der Waals surface area (Å²) in [4.78, 5) is 21.8. The summed E-state index contributed by atoms with van der Waals surface area (Å²) in [7, 11) is 0. The van der Waals surface area contributed by atoms with E-state index in [4.69, 9.17) is 5.11 Å². The van der Waals surface area contributed by atoms with E-state index in [1.807, 2.05) is 6.07 Å². The summed E-state index contributed by atoms with van der Waals surface area (Å²) < 4.78 is 0. The summed E-state index contributed by atoms with van der Waals surface area (Å²) in [5, 5.41) is 16.0. The van der Waals surface area contributed by atoms with Crippen LogP contribution in [0.2, 0.25) is 0 Å². The van der Waals surface area contributed by atoms with Crippen molar-refractivity contribution in [1.82, 2.24) is 14.9 Å². The van der Waals surface area contributed by atoms with Crippen molar-refractivity contribution >= 4 is 17.6 Å². The SMILES string of the molecule is O=C(O)CN(CC1CC1)C1CC(Nc2cc(NCC3CC3)ncn2)C1. The molecule has 4 rings (SSSR count). The minimum absolute atomic E-state index is 0.163. The molecule has 0 aliphatic heterocycles. The first-order chi connectivity index (χ1) is 12.2. The first kappa shape index (κ1) is 16.6. The number of aromatic nitrogens is 2. The molecule has 1 aromatic heterocycles. The summed E-state index contributed by atoms with van der Waals surface area (Å²) in [6.45, 7) is 2.09. The Morgan fingerprint density at radius 2 is 1.88 bits per heavy atom. The van der Waals surface area contributed by atoms with E-state index in [1.165, 1.54) is 25.7 Å². The van der Waals surface area contributed by atoms with E-state index in [9.17, 15) is 4.79 Å². The number of hydrogen-bond acceptors (Lipinski definition) is 6. The van der Waals surface area contributed by atoms with Crippen molar-refractivity contribution in [2.75, 3.05) is 30.3 Å². The van der Waals surface area contributed by atoms with Crippen molar-refractivity contribution in [1.29, 1.82) is 0 Å². The van der Waals surface area contributed by atoms with Crippen LogP contribution in [0.3, 0.4) is 0 Å². The molecule has 0 saturated heterocycles. The van der Waals surface area contributed by atoms with Crippen LogP contribution in [0, 0.1) is 11.8 Å². The van der Waals surface area contributed by atoms with Gasteiger partial charge in [0.2, 0.25) is 0 Å². The van der Waals surface area contributed by atoms with Gasteiger partial charge in [-0.15, -0.1) is 0 Å². The van der Waals surface area contributed by atoms with Crippen LogP contribution in [-0.4, -0.2) is 57.7 Å². The zero-order valence-electron chi connectivity index (χ0n) is 14.5. The fourth-order valence-electron chi connectivity index (χ4n) is 3.47. The standard InChI is InChI=1S/C18H27N5O2/c24-18(25)10-23(9-13-3-4-13)15-5-14(6-15)22-17-7-16(20-11-21-17)19-8-12-1-2-12/h7,11-15H,1-6,8-10H2,(H,24,25)(H2,19,20,21,22). The molecular formula is C18H27N5O2. The Hall–Kier alpha value is -1.89. The smallest absolute Gasteiger partial charge is 0.317 e. The molecule has 1 aromatic rings. The predicted octanol–water partition coefficient (Wildman–Crippen LogP) is 2.04. The second-order valence-electron chi connectivity index (χ2n) is 7.85. The van der Waals surface area contributed by atoms with Crippen LogP contribution in [0.4, 0.5) is 11.6 Å². The Morgan fingerprint density at radius 3 is 2.56 bits per heavy atom. The Balaban J connectivity index is 1.25. The fourth-order valence-corrected chi connectivity index (χ4v) is 3.47. The minimum Gasteiger partial charge on any atom is -0.480 e. The zero-order valence-corrected chi connectivity index (χ0v) is 14.5. The molecule has 3 N–H and O–H groups in total. The van der Waals surface area contributed by atoms with E-state index in [0.29, 0.717) is 18.0 Å². The molecular weight excluding hydrogens is 318 g/mol. The van der Waals surface area contributed by atoms with Gasteiger partial charge in [0.05, 0.1) is 6.54 Å². The van der Waals surface area contributed by atoms with Gasteiger partial charge in [0.15, 0.2) is 0 Å². The van der Waals surface area contributed by atoms with E-state index in [2.05, 4.69) is 25.5 Å². The average Bonchev–Trinajstić information content (AvgIpc) is 3.42. The molecule has 136 valence electrons. The third kappa shape index (κ3) is 4.81. The summed E-state index contributed by atoms with van der Waals surface area (Å²) in [5.41, 5.74) is 0. The predicted molar refractivity (Wildman–Crippen MR) is 95.6 cm³/mol. The Kier molecular flexibility index (Phi) is 4.74. The monoisotopic (exact) mass is 345 g/mol. The average molecular weight is 345 g/mol. The van der Waals surface area contributed by atoms with Gasteiger partial charge < -0.3 is 15.7 Å². The Labute approximate surface area is 148 Å². The van der Waals surface area contributed by atoms with E-state index in [0.717, 1.165) is 43.5 Å². The minimum atomic E-state index is -0.723. The highest BCUT2D eigenvalue weighted by Gasteiger charge is 2.37. The summed E-state index contributed by atoms with van der Waals surface area (Å²) in [6, 6.07) is 2.71. The quantitative estimate of drug-likeness (QED) is 0.598. The third-order valence-electron chi connectivity index (χ3n) is 5.45. The van der Waals surface area contributed by atoms with Crippen LogP contribution in [0.25, 0.3) is 0 Å². The number of nitrogens with one attached hydrogen (secondary N) is 2. The van der Waals surface area contributed by atoms with Gasteiger partial charge in [0.1, 0.15) is 18.0 Å². The summed E-state index contributed by atoms with van der Waals surface area (Å²) in [6.07, 6.45) is 8.70. The number of anilines is 2. The number of aliphatic carboxylic acids is 1. The van der Waals surface area contributed by atoms with Gasteiger partial charge in [-0.1, -0.05) is 0 Å². The molecule has 7 heteroatoms. The van der Waals surface area contributed by atoms with Crippen LogP contribution >= 0.6 is 0 Å². The van der Waals surface area contributed by atoms with E-state index in [1.54, 1.807) is 6.33 Å². The number of carboxylic acids is 1. The van der Waals surface area contributed by atoms with E-state index in [-0.39, 0.29) is 6.54 Å². The second kappa shape index (κ2) is 7.15. The normalized spacial score (nSPS) is 25.5. The van der Waals surface area contributed by atoms with E-state index < -0.39 is 5.97 Å². The van der Waals surface area contributed by atoms with Crippen LogP contribution in [0.1, 0.15) is 38.5 Å². The van der Waals surface area contributed by atoms with E-state index >= 15 is 0 Å². The molecule has 3 saturated carbocycles. The maximum absolute atomic E-state index is 11.1. The van der Waals surface area contributed by atoms with Gasteiger partial charge >= 0.3 is 5.97 Å². The van der Waals surface area contributed by atoms with Crippen LogP contribution in [-0.2, 0) is 4.79 Å². The van der Waals surface area contributed by atoms with Gasteiger partial charge in [-0.2, -0.15) is 0 Å². The first-order valence-corrected chi connectivity index (χ1v) is 9.44. The highest BCUT2D eigenvalue weighted by Crippen LogP contribution is 2.34. The fraction of sp³-hybridized carbons (Fsp3) is 0.722. The Bertz CT molecular complexity index is 611. The molecule has 0 spiro atoms. The topological polar surface area (TPSA) is 90.4 Å². The van der Waals surface area contributed by atoms with Gasteiger partial charge in [-0.05, 0) is 50.4 Å². The van der Waals surface area contributed by atoms with Crippen molar-refractivity contribution in [2.24, 2.45) is 11.8 Å². The van der Waals surface area contributed by atoms with Crippen LogP contribution in [0.15, 0.2) is 12.4 Å². The molecule has 7 nitrogen and oxygen atoms in total. The number of nitrogens with zero attached hydrogens (tertiary/aromatic N) is 3. The molecule has 0 radical (unpaired) electrons. The maximum Gasteiger partial charge on any atom is 0.317 e. The number of rotatable bonds is 10. The number of carbonyl (C=O) groups is 1.